The van der Waals surface area contributed by atoms with Crippen LogP contribution in [-0.2, 0) is 11.3 Å². The Hall–Kier alpha value is -1.15. The summed E-state index contributed by atoms with van der Waals surface area (Å²) in [7, 11) is 0. The first-order chi connectivity index (χ1) is 10.8. The van der Waals surface area contributed by atoms with Gasteiger partial charge in [-0.05, 0) is 56.3 Å². The van der Waals surface area contributed by atoms with Crippen molar-refractivity contribution in [3.05, 3.63) is 9.48 Å². The third-order valence-corrected chi connectivity index (χ3v) is 5.20. The summed E-state index contributed by atoms with van der Waals surface area (Å²) in [6.45, 7) is 11.3. The van der Waals surface area contributed by atoms with Crippen LogP contribution in [0.3, 0.4) is 0 Å². The van der Waals surface area contributed by atoms with E-state index in [1.54, 1.807) is 11.3 Å². The highest BCUT2D eigenvalue weighted by Crippen LogP contribution is 2.32. The van der Waals surface area contributed by atoms with Gasteiger partial charge in [0, 0.05) is 19.1 Å². The fraction of sp³-hybridized carbons (Fsp3) is 0.667. The minimum Gasteiger partial charge on any atom is -0.444 e. The van der Waals surface area contributed by atoms with E-state index in [2.05, 4.69) is 42.8 Å². The van der Waals surface area contributed by atoms with Crippen LogP contribution in [-0.4, -0.2) is 42.5 Å². The van der Waals surface area contributed by atoms with E-state index in [-0.39, 0.29) is 12.1 Å². The van der Waals surface area contributed by atoms with Crippen molar-refractivity contribution < 1.29 is 9.53 Å². The molecule has 1 aliphatic rings. The van der Waals surface area contributed by atoms with Gasteiger partial charge in [-0.15, -0.1) is 0 Å². The number of aromatic nitrogens is 1. The molecule has 1 atom stereocenters. The monoisotopic (exact) mass is 402 g/mol. The third kappa shape index (κ3) is 5.46. The van der Waals surface area contributed by atoms with Crippen LogP contribution in [0.1, 0.15) is 39.3 Å². The minimum absolute atomic E-state index is 0.0715. The highest BCUT2D eigenvalue weighted by molar-refractivity contribution is 9.11. The Balaban J connectivity index is 1.96. The molecule has 1 fully saturated rings. The summed E-state index contributed by atoms with van der Waals surface area (Å²) in [5.41, 5.74) is 0.424. The summed E-state index contributed by atoms with van der Waals surface area (Å²) in [6, 6.07) is 0.0715. The second-order valence-corrected chi connectivity index (χ2v) is 8.83. The predicted octanol–water partition coefficient (Wildman–Crippen LogP) is 3.60. The lowest BCUT2D eigenvalue weighted by atomic mass is 10.1. The number of nitrogens with zero attached hydrogens (tertiary/aromatic N) is 3. The Morgan fingerprint density at radius 3 is 3.00 bits per heavy atom. The number of alkyl carbamates (subject to hydrolysis) is 1. The number of nitrogens with one attached hydrogen (secondary N) is 1. The van der Waals surface area contributed by atoms with Gasteiger partial charge in [0.05, 0.1) is 16.0 Å². The molecule has 6 nitrogen and oxygen atoms in total. The summed E-state index contributed by atoms with van der Waals surface area (Å²) >= 11 is 5.12. The zero-order chi connectivity index (χ0) is 17.0. The van der Waals surface area contributed by atoms with Crippen molar-refractivity contribution in [3.8, 4) is 0 Å². The Morgan fingerprint density at radius 2 is 2.35 bits per heavy atom. The van der Waals surface area contributed by atoms with Gasteiger partial charge in [-0.3, -0.25) is 4.99 Å². The van der Waals surface area contributed by atoms with E-state index in [4.69, 9.17) is 4.74 Å². The third-order valence-electron chi connectivity index (χ3n) is 3.31. The van der Waals surface area contributed by atoms with Gasteiger partial charge in [0.2, 0.25) is 0 Å². The predicted molar refractivity (Wildman–Crippen MR) is 97.7 cm³/mol. The van der Waals surface area contributed by atoms with Crippen molar-refractivity contribution in [2.45, 2.75) is 51.8 Å². The summed E-state index contributed by atoms with van der Waals surface area (Å²) < 4.78 is 6.32. The molecule has 0 saturated carbocycles. The number of thiazole rings is 1. The molecule has 8 heteroatoms. The quantitative estimate of drug-likeness (QED) is 0.781. The van der Waals surface area contributed by atoms with Crippen molar-refractivity contribution in [2.75, 3.05) is 18.0 Å². The normalized spacial score (nSPS) is 18.6. The number of anilines is 1. The summed E-state index contributed by atoms with van der Waals surface area (Å²) in [4.78, 5) is 22.6. The fourth-order valence-electron chi connectivity index (χ4n) is 2.40. The Morgan fingerprint density at radius 1 is 1.61 bits per heavy atom. The molecule has 1 aromatic heterocycles. The Bertz CT molecular complexity index is 570. The molecular weight excluding hydrogens is 380 g/mol. The molecule has 23 heavy (non-hydrogen) atoms. The van der Waals surface area contributed by atoms with Gasteiger partial charge < -0.3 is 15.0 Å². The van der Waals surface area contributed by atoms with Crippen LogP contribution in [0, 0.1) is 0 Å². The summed E-state index contributed by atoms with van der Waals surface area (Å²) in [5, 5.41) is 3.91. The molecular formula is C15H23BrN4O2S. The van der Waals surface area contributed by atoms with Gasteiger partial charge in [0.1, 0.15) is 5.60 Å². The molecule has 1 amide bonds. The number of carbonyl (C=O) groups is 1. The van der Waals surface area contributed by atoms with Crippen LogP contribution < -0.4 is 10.2 Å². The molecule has 0 bridgehead atoms. The second-order valence-electron chi connectivity index (χ2n) is 6.53. The van der Waals surface area contributed by atoms with E-state index >= 15 is 0 Å². The lowest BCUT2D eigenvalue weighted by molar-refractivity contribution is 0.0500. The van der Waals surface area contributed by atoms with Crippen LogP contribution >= 0.6 is 27.3 Å². The molecule has 1 aliphatic heterocycles. The molecule has 1 aromatic rings. The average Bonchev–Trinajstić information content (AvgIpc) is 2.79. The lowest BCUT2D eigenvalue weighted by Gasteiger charge is -2.33. The molecule has 0 aromatic carbocycles. The van der Waals surface area contributed by atoms with Crippen LogP contribution in [0.4, 0.5) is 9.93 Å². The molecule has 2 heterocycles. The zero-order valence-electron chi connectivity index (χ0n) is 13.8. The molecule has 1 saturated heterocycles. The van der Waals surface area contributed by atoms with E-state index in [1.807, 2.05) is 20.8 Å². The van der Waals surface area contributed by atoms with E-state index in [0.29, 0.717) is 6.54 Å². The highest BCUT2D eigenvalue weighted by atomic mass is 79.9. The number of hydrogen-bond donors (Lipinski definition) is 1. The molecule has 128 valence electrons. The SMILES string of the molecule is C=NCc1nc(N2CCCC(NC(=O)OC(C)(C)C)C2)sc1Br. The van der Waals surface area contributed by atoms with Gasteiger partial charge in [-0.25, -0.2) is 9.78 Å². The first kappa shape index (κ1) is 18.2. The van der Waals surface area contributed by atoms with E-state index in [1.165, 1.54) is 0 Å². The highest BCUT2D eigenvalue weighted by Gasteiger charge is 2.26. The molecule has 1 N–H and O–H groups in total. The van der Waals surface area contributed by atoms with Crippen LogP contribution in [0.5, 0.6) is 0 Å². The van der Waals surface area contributed by atoms with Gasteiger partial charge in [-0.2, -0.15) is 0 Å². The van der Waals surface area contributed by atoms with Crippen molar-refractivity contribution in [2.24, 2.45) is 4.99 Å². The fourth-order valence-corrected chi connectivity index (χ4v) is 3.89. The number of hydrogen-bond acceptors (Lipinski definition) is 6. The number of halogens is 1. The molecule has 2 rings (SSSR count). The lowest BCUT2D eigenvalue weighted by Crippen LogP contribution is -2.49. The van der Waals surface area contributed by atoms with Crippen LogP contribution in [0.2, 0.25) is 0 Å². The molecule has 1 unspecified atom stereocenters. The second kappa shape index (κ2) is 7.61. The molecule has 0 aliphatic carbocycles. The number of carbonyl (C=O) groups excluding carboxylic acids is 1. The summed E-state index contributed by atoms with van der Waals surface area (Å²) in [6.07, 6.45) is 1.59. The number of amides is 1. The van der Waals surface area contributed by atoms with Crippen molar-refractivity contribution in [3.63, 3.8) is 0 Å². The first-order valence-corrected chi connectivity index (χ1v) is 9.21. The molecule has 0 spiro atoms. The number of aliphatic imine (C=N–C) groups is 1. The average molecular weight is 403 g/mol. The van der Waals surface area contributed by atoms with Gasteiger partial charge in [0.25, 0.3) is 0 Å². The smallest absolute Gasteiger partial charge is 0.407 e. The van der Waals surface area contributed by atoms with E-state index in [0.717, 1.165) is 40.5 Å². The maximum atomic E-state index is 11.9. The Labute approximate surface area is 149 Å². The topological polar surface area (TPSA) is 66.8 Å². The van der Waals surface area contributed by atoms with E-state index in [9.17, 15) is 4.79 Å². The van der Waals surface area contributed by atoms with Crippen molar-refractivity contribution in [1.29, 1.82) is 0 Å². The van der Waals surface area contributed by atoms with E-state index < -0.39 is 5.60 Å². The van der Waals surface area contributed by atoms with Gasteiger partial charge in [-0.1, -0.05) is 11.3 Å². The number of rotatable bonds is 4. The summed E-state index contributed by atoms with van der Waals surface area (Å²) in [5.74, 6) is 0. The standard InChI is InChI=1S/C15H23BrN4O2S/c1-15(2,3)22-14(21)18-10-6-5-7-20(9-10)13-19-11(8-17-4)12(16)23-13/h10H,4-9H2,1-3H3,(H,18,21). The minimum atomic E-state index is -0.481. The zero-order valence-corrected chi connectivity index (χ0v) is 16.2. The largest absolute Gasteiger partial charge is 0.444 e. The van der Waals surface area contributed by atoms with Crippen LogP contribution in [0.15, 0.2) is 8.78 Å². The maximum absolute atomic E-state index is 11.9. The van der Waals surface area contributed by atoms with Crippen LogP contribution in [0.25, 0.3) is 0 Å². The number of ether oxygens (including phenoxy) is 1. The maximum Gasteiger partial charge on any atom is 0.407 e. The first-order valence-electron chi connectivity index (χ1n) is 7.60. The van der Waals surface area contributed by atoms with Gasteiger partial charge in [0.15, 0.2) is 5.13 Å². The van der Waals surface area contributed by atoms with Gasteiger partial charge >= 0.3 is 6.09 Å². The van der Waals surface area contributed by atoms with Crippen molar-refractivity contribution in [1.82, 2.24) is 10.3 Å². The molecule has 0 radical (unpaired) electrons. The Kier molecular flexibility index (Phi) is 6.02. The van der Waals surface area contributed by atoms with Crippen molar-refractivity contribution >= 4 is 45.2 Å². The number of piperidine rings is 1.